The van der Waals surface area contributed by atoms with Crippen LogP contribution in [0.1, 0.15) is 10.4 Å². The zero-order chi connectivity index (χ0) is 13.9. The molecule has 2 aromatic carbocycles. The van der Waals surface area contributed by atoms with Crippen molar-refractivity contribution in [3.63, 3.8) is 0 Å². The molecule has 2 rings (SSSR count). The van der Waals surface area contributed by atoms with Gasteiger partial charge in [0.1, 0.15) is 0 Å². The van der Waals surface area contributed by atoms with Crippen molar-refractivity contribution in [2.45, 2.75) is 4.90 Å². The minimum Gasteiger partial charge on any atom is -0.293 e. The molecule has 0 aliphatic heterocycles. The van der Waals surface area contributed by atoms with Crippen LogP contribution < -0.4 is 0 Å². The van der Waals surface area contributed by atoms with E-state index in [9.17, 15) is 4.79 Å². The topological polar surface area (TPSA) is 51.2 Å². The maximum atomic E-state index is 11.8. The molecule has 0 heterocycles. The van der Waals surface area contributed by atoms with Crippen LogP contribution in [0.15, 0.2) is 65.6 Å². The van der Waals surface area contributed by atoms with Crippen molar-refractivity contribution in [3.8, 4) is 0 Å². The monoisotopic (exact) mass is 272 g/mol. The molecule has 0 spiro atoms. The van der Waals surface area contributed by atoms with Crippen molar-refractivity contribution in [1.29, 1.82) is 0 Å². The molecule has 0 saturated heterocycles. The first-order valence-corrected chi connectivity index (χ1v) is 6.52. The van der Waals surface area contributed by atoms with Gasteiger partial charge in [-0.25, -0.2) is 0 Å². The molecule has 4 heteroatoms. The van der Waals surface area contributed by atoms with E-state index < -0.39 is 0 Å². The molecule has 0 saturated carbocycles. The number of carbonyl (C=O) groups excluding carboxylic acids is 3. The molecule has 0 aromatic heterocycles. The van der Waals surface area contributed by atoms with Gasteiger partial charge >= 0.3 is 6.15 Å². The lowest BCUT2D eigenvalue weighted by Crippen LogP contribution is -2.01. The minimum absolute atomic E-state index is 0.175. The lowest BCUT2D eigenvalue weighted by molar-refractivity contribution is -0.191. The highest BCUT2D eigenvalue weighted by Crippen LogP contribution is 2.18. The number of hydrogen-bond donors (Lipinski definition) is 0. The Labute approximate surface area is 115 Å². The van der Waals surface area contributed by atoms with Crippen LogP contribution in [0, 0.1) is 0 Å². The van der Waals surface area contributed by atoms with Crippen molar-refractivity contribution in [2.24, 2.45) is 0 Å². The molecule has 0 aliphatic carbocycles. The van der Waals surface area contributed by atoms with E-state index in [-0.39, 0.29) is 11.9 Å². The molecule has 0 aliphatic rings. The van der Waals surface area contributed by atoms with E-state index in [4.69, 9.17) is 9.59 Å². The van der Waals surface area contributed by atoms with Crippen molar-refractivity contribution in [2.75, 3.05) is 5.75 Å². The van der Waals surface area contributed by atoms with E-state index in [1.54, 1.807) is 11.8 Å². The predicted molar refractivity (Wildman–Crippen MR) is 72.9 cm³/mol. The van der Waals surface area contributed by atoms with Crippen LogP contribution in [0.25, 0.3) is 0 Å². The van der Waals surface area contributed by atoms with E-state index in [0.29, 0.717) is 5.75 Å². The first kappa shape index (κ1) is 14.9. The van der Waals surface area contributed by atoms with Crippen molar-refractivity contribution in [1.82, 2.24) is 0 Å². The number of benzene rings is 2. The first-order chi connectivity index (χ1) is 9.27. The van der Waals surface area contributed by atoms with Crippen LogP contribution in [0.5, 0.6) is 0 Å². The molecular weight excluding hydrogens is 260 g/mol. The molecule has 19 heavy (non-hydrogen) atoms. The number of carbonyl (C=O) groups is 1. The highest BCUT2D eigenvalue weighted by atomic mass is 32.2. The van der Waals surface area contributed by atoms with E-state index in [2.05, 4.69) is 0 Å². The van der Waals surface area contributed by atoms with Gasteiger partial charge in [0.05, 0.1) is 5.75 Å². The summed E-state index contributed by atoms with van der Waals surface area (Å²) in [6.07, 6.45) is 0.250. The highest BCUT2D eigenvalue weighted by Gasteiger charge is 2.04. The smallest absolute Gasteiger partial charge is 0.293 e. The van der Waals surface area contributed by atoms with Gasteiger partial charge in [-0.1, -0.05) is 48.5 Å². The number of ketones is 1. The summed E-state index contributed by atoms with van der Waals surface area (Å²) in [5.74, 6) is 0.669. The normalized spacial score (nSPS) is 8.84. The largest absolute Gasteiger partial charge is 0.373 e. The van der Waals surface area contributed by atoms with Gasteiger partial charge in [-0.05, 0) is 12.1 Å². The summed E-state index contributed by atoms with van der Waals surface area (Å²) >= 11 is 1.57. The van der Waals surface area contributed by atoms with Gasteiger partial charge in [0, 0.05) is 10.5 Å². The van der Waals surface area contributed by atoms with Crippen molar-refractivity contribution >= 4 is 23.7 Å². The molecule has 0 fully saturated rings. The molecule has 0 radical (unpaired) electrons. The number of rotatable bonds is 4. The standard InChI is InChI=1S/C14H12OS.CO2/c15-14(12-7-3-1-4-8-12)11-16-13-9-5-2-6-10-13;2-1-3/h1-10H,11H2;. The minimum atomic E-state index is 0.175. The Morgan fingerprint density at radius 2 is 1.37 bits per heavy atom. The average molecular weight is 272 g/mol. The third-order valence-corrected chi connectivity index (χ3v) is 3.22. The fourth-order valence-electron chi connectivity index (χ4n) is 1.37. The Bertz CT molecular complexity index is 532. The molecule has 0 N–H and O–H groups in total. The molecular formula is C15H12O3S. The Hall–Kier alpha value is -2.16. The van der Waals surface area contributed by atoms with Crippen LogP contribution in [0.2, 0.25) is 0 Å². The van der Waals surface area contributed by atoms with Crippen LogP contribution >= 0.6 is 11.8 Å². The van der Waals surface area contributed by atoms with Gasteiger partial charge in [-0.15, -0.1) is 11.8 Å². The maximum Gasteiger partial charge on any atom is 0.373 e. The summed E-state index contributed by atoms with van der Waals surface area (Å²) in [5, 5.41) is 0. The molecule has 0 unspecified atom stereocenters. The summed E-state index contributed by atoms with van der Waals surface area (Å²) in [5.41, 5.74) is 0.783. The fraction of sp³-hybridized carbons (Fsp3) is 0.0667. The number of Topliss-reactive ketones (excluding diaryl/α,β-unsaturated/α-hetero) is 1. The van der Waals surface area contributed by atoms with Gasteiger partial charge in [-0.3, -0.25) is 4.79 Å². The van der Waals surface area contributed by atoms with E-state index in [0.717, 1.165) is 10.5 Å². The molecule has 0 amide bonds. The zero-order valence-corrected chi connectivity index (χ0v) is 10.9. The summed E-state index contributed by atoms with van der Waals surface area (Å²) in [4.78, 5) is 29.2. The maximum absolute atomic E-state index is 11.8. The van der Waals surface area contributed by atoms with Crippen LogP contribution in [0.3, 0.4) is 0 Å². The molecule has 96 valence electrons. The number of thioether (sulfide) groups is 1. The zero-order valence-electron chi connectivity index (χ0n) is 10.1. The van der Waals surface area contributed by atoms with Gasteiger partial charge in [0.25, 0.3) is 0 Å². The van der Waals surface area contributed by atoms with E-state index in [1.165, 1.54) is 0 Å². The Morgan fingerprint density at radius 1 is 0.895 bits per heavy atom. The Kier molecular flexibility index (Phi) is 6.95. The summed E-state index contributed by atoms with van der Waals surface area (Å²) in [6, 6.07) is 19.4. The quantitative estimate of drug-likeness (QED) is 0.634. The highest BCUT2D eigenvalue weighted by molar-refractivity contribution is 8.00. The second-order valence-electron chi connectivity index (χ2n) is 3.47. The SMILES string of the molecule is O=C(CSc1ccccc1)c1ccccc1.O=C=O. The molecule has 2 aromatic rings. The average Bonchev–Trinajstić information content (AvgIpc) is 2.47. The molecule has 0 bridgehead atoms. The molecule has 0 atom stereocenters. The van der Waals surface area contributed by atoms with Gasteiger partial charge in [-0.2, -0.15) is 9.59 Å². The predicted octanol–water partition coefficient (Wildman–Crippen LogP) is 3.08. The van der Waals surface area contributed by atoms with E-state index in [1.807, 2.05) is 60.7 Å². The second-order valence-corrected chi connectivity index (χ2v) is 4.52. The lowest BCUT2D eigenvalue weighted by atomic mass is 10.2. The third-order valence-electron chi connectivity index (χ3n) is 2.21. The first-order valence-electron chi connectivity index (χ1n) is 5.53. The summed E-state index contributed by atoms with van der Waals surface area (Å²) in [7, 11) is 0. The van der Waals surface area contributed by atoms with Crippen molar-refractivity contribution < 1.29 is 14.4 Å². The van der Waals surface area contributed by atoms with Gasteiger partial charge < -0.3 is 0 Å². The van der Waals surface area contributed by atoms with Crippen molar-refractivity contribution in [3.05, 3.63) is 66.2 Å². The Morgan fingerprint density at radius 3 is 1.89 bits per heavy atom. The molecule has 3 nitrogen and oxygen atoms in total. The lowest BCUT2D eigenvalue weighted by Gasteiger charge is -2.01. The summed E-state index contributed by atoms with van der Waals surface area (Å²) < 4.78 is 0. The second kappa shape index (κ2) is 8.86. The van der Waals surface area contributed by atoms with Crippen LogP contribution in [-0.2, 0) is 9.59 Å². The van der Waals surface area contributed by atoms with Gasteiger partial charge in [0.15, 0.2) is 5.78 Å². The van der Waals surface area contributed by atoms with Crippen LogP contribution in [0.4, 0.5) is 0 Å². The number of hydrogen-bond acceptors (Lipinski definition) is 4. The van der Waals surface area contributed by atoms with Crippen LogP contribution in [-0.4, -0.2) is 17.7 Å². The fourth-order valence-corrected chi connectivity index (χ4v) is 2.19. The van der Waals surface area contributed by atoms with E-state index >= 15 is 0 Å². The van der Waals surface area contributed by atoms with Gasteiger partial charge in [0.2, 0.25) is 0 Å². The third kappa shape index (κ3) is 5.82. The Balaban J connectivity index is 0.000000550. The summed E-state index contributed by atoms with van der Waals surface area (Å²) in [6.45, 7) is 0.